The van der Waals surface area contributed by atoms with Gasteiger partial charge in [-0.25, -0.2) is 0 Å². The molecule has 0 fully saturated rings. The zero-order valence-corrected chi connectivity index (χ0v) is 9.85. The van der Waals surface area contributed by atoms with Gasteiger partial charge in [-0.15, -0.1) is 6.58 Å². The summed E-state index contributed by atoms with van der Waals surface area (Å²) in [6.45, 7) is 6.67. The summed E-state index contributed by atoms with van der Waals surface area (Å²) >= 11 is 0. The van der Waals surface area contributed by atoms with E-state index in [-0.39, 0.29) is 13.2 Å². The van der Waals surface area contributed by atoms with Gasteiger partial charge in [0, 0.05) is 25.7 Å². The van der Waals surface area contributed by atoms with Crippen molar-refractivity contribution >= 4 is 5.82 Å². The summed E-state index contributed by atoms with van der Waals surface area (Å²) in [4.78, 5) is 1.94. The van der Waals surface area contributed by atoms with Gasteiger partial charge in [-0.1, -0.05) is 6.08 Å². The lowest BCUT2D eigenvalue weighted by atomic mass is 10.2. The Morgan fingerprint density at radius 2 is 2.19 bits per heavy atom. The lowest BCUT2D eigenvalue weighted by molar-refractivity contribution is 0.280. The van der Waals surface area contributed by atoms with Crippen molar-refractivity contribution in [3.05, 3.63) is 23.9 Å². The Bertz CT molecular complexity index is 360. The zero-order valence-electron chi connectivity index (χ0n) is 9.85. The molecule has 1 aromatic heterocycles. The molecule has 5 heteroatoms. The van der Waals surface area contributed by atoms with E-state index in [9.17, 15) is 5.11 Å². The fraction of sp³-hybridized carbons (Fsp3) is 0.545. The molecule has 0 saturated carbocycles. The van der Waals surface area contributed by atoms with Gasteiger partial charge in [0.1, 0.15) is 5.82 Å². The van der Waals surface area contributed by atoms with Crippen LogP contribution < -0.4 is 4.90 Å². The Kier molecular flexibility index (Phi) is 4.52. The number of anilines is 1. The molecular weight excluding hydrogens is 206 g/mol. The molecule has 1 heterocycles. The second kappa shape index (κ2) is 5.67. The third kappa shape index (κ3) is 2.43. The maximum Gasteiger partial charge on any atom is 0.132 e. The molecule has 1 aromatic rings. The van der Waals surface area contributed by atoms with Crippen LogP contribution >= 0.6 is 0 Å². The van der Waals surface area contributed by atoms with E-state index < -0.39 is 0 Å². The number of aromatic nitrogens is 2. The van der Waals surface area contributed by atoms with E-state index >= 15 is 0 Å². The van der Waals surface area contributed by atoms with Crippen molar-refractivity contribution in [2.45, 2.75) is 13.5 Å². The molecule has 5 nitrogen and oxygen atoms in total. The Hall–Kier alpha value is -1.33. The number of aliphatic hydroxyl groups excluding tert-OH is 2. The molecule has 0 aromatic carbocycles. The second-order valence-corrected chi connectivity index (χ2v) is 3.63. The number of nitrogens with zero attached hydrogens (tertiary/aromatic N) is 3. The smallest absolute Gasteiger partial charge is 0.132 e. The van der Waals surface area contributed by atoms with Gasteiger partial charge in [-0.2, -0.15) is 5.10 Å². The highest BCUT2D eigenvalue weighted by atomic mass is 16.3. The largest absolute Gasteiger partial charge is 0.395 e. The molecule has 0 atom stereocenters. The van der Waals surface area contributed by atoms with Gasteiger partial charge in [-0.3, -0.25) is 4.68 Å². The van der Waals surface area contributed by atoms with E-state index in [2.05, 4.69) is 11.7 Å². The van der Waals surface area contributed by atoms with Crippen LogP contribution in [0.25, 0.3) is 0 Å². The summed E-state index contributed by atoms with van der Waals surface area (Å²) in [5.74, 6) is 0.842. The third-order valence-electron chi connectivity index (χ3n) is 2.49. The SMILES string of the molecule is C=CCN(CCO)c1c(CO)c(C)nn1C. The minimum absolute atomic E-state index is 0.0475. The fourth-order valence-electron chi connectivity index (χ4n) is 1.83. The molecule has 0 saturated heterocycles. The minimum atomic E-state index is -0.0475. The van der Waals surface area contributed by atoms with Crippen molar-refractivity contribution in [1.82, 2.24) is 9.78 Å². The average molecular weight is 225 g/mol. The monoisotopic (exact) mass is 225 g/mol. The first kappa shape index (κ1) is 12.7. The molecule has 1 rings (SSSR count). The van der Waals surface area contributed by atoms with Crippen molar-refractivity contribution in [3.63, 3.8) is 0 Å². The van der Waals surface area contributed by atoms with E-state index in [4.69, 9.17) is 5.11 Å². The topological polar surface area (TPSA) is 61.5 Å². The Morgan fingerprint density at radius 3 is 2.69 bits per heavy atom. The van der Waals surface area contributed by atoms with Gasteiger partial charge in [0.2, 0.25) is 0 Å². The summed E-state index contributed by atoms with van der Waals surface area (Å²) in [5, 5.41) is 22.6. The normalized spacial score (nSPS) is 10.5. The molecule has 16 heavy (non-hydrogen) atoms. The Labute approximate surface area is 95.6 Å². The van der Waals surface area contributed by atoms with Crippen LogP contribution in [0.5, 0.6) is 0 Å². The highest BCUT2D eigenvalue weighted by molar-refractivity contribution is 5.50. The summed E-state index contributed by atoms with van der Waals surface area (Å²) < 4.78 is 1.72. The van der Waals surface area contributed by atoms with Crippen LogP contribution in [0.2, 0.25) is 0 Å². The standard InChI is InChI=1S/C11H19N3O2/c1-4-5-14(6-7-15)11-10(8-16)9(2)12-13(11)3/h4,15-16H,1,5-8H2,2-3H3. The number of aryl methyl sites for hydroxylation is 2. The Balaban J connectivity index is 3.10. The number of hydrogen-bond donors (Lipinski definition) is 2. The second-order valence-electron chi connectivity index (χ2n) is 3.63. The van der Waals surface area contributed by atoms with E-state index in [1.54, 1.807) is 10.8 Å². The third-order valence-corrected chi connectivity index (χ3v) is 2.49. The quantitative estimate of drug-likeness (QED) is 0.679. The van der Waals surface area contributed by atoms with Gasteiger partial charge >= 0.3 is 0 Å². The molecule has 0 aliphatic rings. The van der Waals surface area contributed by atoms with Crippen LogP contribution in [-0.4, -0.2) is 39.7 Å². The number of hydrogen-bond acceptors (Lipinski definition) is 4. The molecule has 0 amide bonds. The fourth-order valence-corrected chi connectivity index (χ4v) is 1.83. The highest BCUT2D eigenvalue weighted by Gasteiger charge is 2.17. The van der Waals surface area contributed by atoms with Crippen LogP contribution in [0.15, 0.2) is 12.7 Å². The molecule has 0 spiro atoms. The van der Waals surface area contributed by atoms with Gasteiger partial charge in [0.25, 0.3) is 0 Å². The minimum Gasteiger partial charge on any atom is -0.395 e. The van der Waals surface area contributed by atoms with Crippen molar-refractivity contribution in [2.24, 2.45) is 7.05 Å². The highest BCUT2D eigenvalue weighted by Crippen LogP contribution is 2.22. The van der Waals surface area contributed by atoms with Crippen molar-refractivity contribution in [2.75, 3.05) is 24.6 Å². The van der Waals surface area contributed by atoms with E-state index in [0.717, 1.165) is 17.1 Å². The van der Waals surface area contributed by atoms with Gasteiger partial charge < -0.3 is 15.1 Å². The summed E-state index contributed by atoms with van der Waals surface area (Å²) in [6.07, 6.45) is 1.76. The molecule has 0 aliphatic carbocycles. The van der Waals surface area contributed by atoms with Crippen LogP contribution in [0.4, 0.5) is 5.82 Å². The van der Waals surface area contributed by atoms with Crippen molar-refractivity contribution in [3.8, 4) is 0 Å². The predicted octanol–water partition coefficient (Wildman–Crippen LogP) is 0.206. The van der Waals surface area contributed by atoms with E-state index in [1.807, 2.05) is 18.9 Å². The zero-order chi connectivity index (χ0) is 12.1. The van der Waals surface area contributed by atoms with Crippen molar-refractivity contribution in [1.29, 1.82) is 0 Å². The van der Waals surface area contributed by atoms with E-state index in [1.165, 1.54) is 0 Å². The van der Waals surface area contributed by atoms with Gasteiger partial charge in [0.05, 0.1) is 18.9 Å². The summed E-state index contributed by atoms with van der Waals surface area (Å²) in [7, 11) is 1.83. The van der Waals surface area contributed by atoms with Gasteiger partial charge in [-0.05, 0) is 6.92 Å². The van der Waals surface area contributed by atoms with Crippen molar-refractivity contribution < 1.29 is 10.2 Å². The maximum atomic E-state index is 9.33. The van der Waals surface area contributed by atoms with Crippen LogP contribution in [0.1, 0.15) is 11.3 Å². The maximum absolute atomic E-state index is 9.33. The average Bonchev–Trinajstić information content (AvgIpc) is 2.52. The first-order chi connectivity index (χ1) is 7.65. The molecule has 90 valence electrons. The first-order valence-corrected chi connectivity index (χ1v) is 5.25. The van der Waals surface area contributed by atoms with Crippen LogP contribution in [-0.2, 0) is 13.7 Å². The predicted molar refractivity (Wildman–Crippen MR) is 63.4 cm³/mol. The molecular formula is C11H19N3O2. The molecule has 0 unspecified atom stereocenters. The first-order valence-electron chi connectivity index (χ1n) is 5.25. The van der Waals surface area contributed by atoms with Gasteiger partial charge in [0.15, 0.2) is 0 Å². The lowest BCUT2D eigenvalue weighted by Gasteiger charge is -2.23. The number of aliphatic hydroxyl groups is 2. The summed E-state index contributed by atoms with van der Waals surface area (Å²) in [6, 6.07) is 0. The van der Waals surface area contributed by atoms with E-state index in [0.29, 0.717) is 13.1 Å². The van der Waals surface area contributed by atoms with Crippen LogP contribution in [0.3, 0.4) is 0 Å². The number of rotatable bonds is 6. The Morgan fingerprint density at radius 1 is 1.50 bits per heavy atom. The van der Waals surface area contributed by atoms with Crippen LogP contribution in [0, 0.1) is 6.92 Å². The lowest BCUT2D eigenvalue weighted by Crippen LogP contribution is -2.29. The molecule has 0 bridgehead atoms. The molecule has 2 N–H and O–H groups in total. The molecule has 0 radical (unpaired) electrons. The molecule has 0 aliphatic heterocycles. The summed E-state index contributed by atoms with van der Waals surface area (Å²) in [5.41, 5.74) is 1.62.